The quantitative estimate of drug-likeness (QED) is 0.688. The fourth-order valence-corrected chi connectivity index (χ4v) is 3.48. The van der Waals surface area contributed by atoms with Crippen LogP contribution in [0.4, 0.5) is 11.4 Å². The Morgan fingerprint density at radius 2 is 1.89 bits per heavy atom. The third-order valence-electron chi connectivity index (χ3n) is 5.01. The summed E-state index contributed by atoms with van der Waals surface area (Å²) in [5.41, 5.74) is 3.48. The molecule has 2 heterocycles. The van der Waals surface area contributed by atoms with Gasteiger partial charge in [0.2, 0.25) is 0 Å². The highest BCUT2D eigenvalue weighted by Crippen LogP contribution is 2.34. The number of amides is 1. The normalized spacial score (nSPS) is 15.9. The largest absolute Gasteiger partial charge is 0.467 e. The van der Waals surface area contributed by atoms with Crippen molar-refractivity contribution in [1.29, 1.82) is 0 Å². The van der Waals surface area contributed by atoms with Crippen LogP contribution in [0.1, 0.15) is 27.8 Å². The van der Waals surface area contributed by atoms with E-state index in [1.165, 1.54) is 0 Å². The number of anilines is 2. The summed E-state index contributed by atoms with van der Waals surface area (Å²) in [6.07, 6.45) is 1.32. The first-order valence-corrected chi connectivity index (χ1v) is 9.28. The van der Waals surface area contributed by atoms with E-state index in [9.17, 15) is 4.79 Å². The molecule has 2 aromatic carbocycles. The third-order valence-corrected chi connectivity index (χ3v) is 5.01. The van der Waals surface area contributed by atoms with Crippen LogP contribution in [0.25, 0.3) is 0 Å². The maximum absolute atomic E-state index is 13.2. The van der Waals surface area contributed by atoms with Crippen molar-refractivity contribution in [3.05, 3.63) is 83.8 Å². The predicted molar refractivity (Wildman–Crippen MR) is 108 cm³/mol. The lowest BCUT2D eigenvalue weighted by molar-refractivity contribution is 0.0651. The molecular weight excluding hydrogens is 354 g/mol. The van der Waals surface area contributed by atoms with Gasteiger partial charge < -0.3 is 24.6 Å². The van der Waals surface area contributed by atoms with Crippen LogP contribution in [0.2, 0.25) is 0 Å². The van der Waals surface area contributed by atoms with Gasteiger partial charge in [-0.05, 0) is 42.0 Å². The van der Waals surface area contributed by atoms with Crippen molar-refractivity contribution in [3.63, 3.8) is 0 Å². The standard InChI is InChI=1S/C22H23N3O3/c1-24(12-13-26)17-10-8-16(9-11-17)21-23-20-7-3-2-6-19(20)22(27)25(21)15-18-5-4-14-28-18/h2-11,14,21,23,26H,12-13,15H2,1H3. The molecule has 1 aromatic heterocycles. The predicted octanol–water partition coefficient (Wildman–Crippen LogP) is 3.47. The summed E-state index contributed by atoms with van der Waals surface area (Å²) in [4.78, 5) is 17.0. The van der Waals surface area contributed by atoms with Gasteiger partial charge in [-0.2, -0.15) is 0 Å². The smallest absolute Gasteiger partial charge is 0.258 e. The molecule has 6 heteroatoms. The summed E-state index contributed by atoms with van der Waals surface area (Å²) in [6.45, 7) is 1.05. The van der Waals surface area contributed by atoms with E-state index in [-0.39, 0.29) is 18.7 Å². The van der Waals surface area contributed by atoms with Gasteiger partial charge in [-0.25, -0.2) is 0 Å². The van der Waals surface area contributed by atoms with Gasteiger partial charge in [0.1, 0.15) is 11.9 Å². The third kappa shape index (κ3) is 3.46. The molecule has 0 saturated heterocycles. The average molecular weight is 377 g/mol. The van der Waals surface area contributed by atoms with Crippen LogP contribution in [0.15, 0.2) is 71.3 Å². The first kappa shape index (κ1) is 18.1. The number of benzene rings is 2. The molecule has 144 valence electrons. The average Bonchev–Trinajstić information content (AvgIpc) is 3.23. The number of carbonyl (C=O) groups excluding carboxylic acids is 1. The molecule has 1 amide bonds. The Kier molecular flexibility index (Phi) is 5.04. The zero-order valence-electron chi connectivity index (χ0n) is 15.7. The molecule has 1 aliphatic rings. The molecule has 0 saturated carbocycles. The Morgan fingerprint density at radius 1 is 1.11 bits per heavy atom. The van der Waals surface area contributed by atoms with Crippen molar-refractivity contribution in [2.45, 2.75) is 12.7 Å². The topological polar surface area (TPSA) is 69.0 Å². The maximum atomic E-state index is 13.2. The van der Waals surface area contributed by atoms with E-state index < -0.39 is 0 Å². The number of carbonyl (C=O) groups is 1. The van der Waals surface area contributed by atoms with Crippen molar-refractivity contribution in [3.8, 4) is 0 Å². The lowest BCUT2D eigenvalue weighted by Gasteiger charge is -2.38. The number of aliphatic hydroxyl groups is 1. The highest BCUT2D eigenvalue weighted by atomic mass is 16.3. The second kappa shape index (κ2) is 7.78. The fourth-order valence-electron chi connectivity index (χ4n) is 3.48. The number of nitrogens with one attached hydrogen (secondary N) is 1. The molecule has 0 bridgehead atoms. The summed E-state index contributed by atoms with van der Waals surface area (Å²) < 4.78 is 5.48. The molecule has 0 radical (unpaired) electrons. The van der Waals surface area contributed by atoms with Crippen LogP contribution in [0.3, 0.4) is 0 Å². The van der Waals surface area contributed by atoms with Crippen molar-refractivity contribution in [1.82, 2.24) is 4.90 Å². The van der Waals surface area contributed by atoms with Gasteiger partial charge in [-0.15, -0.1) is 0 Å². The van der Waals surface area contributed by atoms with Crippen LogP contribution >= 0.6 is 0 Å². The zero-order chi connectivity index (χ0) is 19.5. The van der Waals surface area contributed by atoms with Gasteiger partial charge in [0, 0.05) is 25.0 Å². The monoisotopic (exact) mass is 377 g/mol. The second-order valence-electron chi connectivity index (χ2n) is 6.84. The summed E-state index contributed by atoms with van der Waals surface area (Å²) in [7, 11) is 1.94. The van der Waals surface area contributed by atoms with E-state index in [1.54, 1.807) is 11.2 Å². The molecule has 1 aliphatic heterocycles. The van der Waals surface area contributed by atoms with Gasteiger partial charge in [-0.1, -0.05) is 24.3 Å². The van der Waals surface area contributed by atoms with Gasteiger partial charge >= 0.3 is 0 Å². The molecule has 0 fully saturated rings. The number of furan rings is 1. The molecular formula is C22H23N3O3. The molecule has 6 nitrogen and oxygen atoms in total. The first-order valence-electron chi connectivity index (χ1n) is 9.28. The van der Waals surface area contributed by atoms with Crippen LogP contribution < -0.4 is 10.2 Å². The minimum atomic E-state index is -0.301. The molecule has 3 aromatic rings. The Labute approximate surface area is 164 Å². The summed E-state index contributed by atoms with van der Waals surface area (Å²) in [5, 5.41) is 12.6. The first-order chi connectivity index (χ1) is 13.7. The molecule has 0 spiro atoms. The van der Waals surface area contributed by atoms with E-state index in [0.29, 0.717) is 18.7 Å². The van der Waals surface area contributed by atoms with Gasteiger partial charge in [-0.3, -0.25) is 4.79 Å². The maximum Gasteiger partial charge on any atom is 0.258 e. The Hall–Kier alpha value is -3.25. The fraction of sp³-hybridized carbons (Fsp3) is 0.227. The number of hydrogen-bond donors (Lipinski definition) is 2. The van der Waals surface area contributed by atoms with E-state index in [0.717, 1.165) is 22.7 Å². The number of para-hydroxylation sites is 1. The number of hydrogen-bond acceptors (Lipinski definition) is 5. The SMILES string of the molecule is CN(CCO)c1ccc(C2Nc3ccccc3C(=O)N2Cc2ccco2)cc1. The highest BCUT2D eigenvalue weighted by molar-refractivity contribution is 6.01. The molecule has 2 N–H and O–H groups in total. The van der Waals surface area contributed by atoms with Crippen molar-refractivity contribution in [2.75, 3.05) is 30.4 Å². The van der Waals surface area contributed by atoms with E-state index in [2.05, 4.69) is 5.32 Å². The van der Waals surface area contributed by atoms with Gasteiger partial charge in [0.05, 0.1) is 25.0 Å². The lowest BCUT2D eigenvalue weighted by Crippen LogP contribution is -2.42. The summed E-state index contributed by atoms with van der Waals surface area (Å²) >= 11 is 0. The van der Waals surface area contributed by atoms with Crippen LogP contribution in [-0.4, -0.2) is 36.1 Å². The van der Waals surface area contributed by atoms with E-state index in [1.807, 2.05) is 72.6 Å². The van der Waals surface area contributed by atoms with E-state index in [4.69, 9.17) is 9.52 Å². The highest BCUT2D eigenvalue weighted by Gasteiger charge is 2.33. The second-order valence-corrected chi connectivity index (χ2v) is 6.84. The number of fused-ring (bicyclic) bond motifs is 1. The Morgan fingerprint density at radius 3 is 2.61 bits per heavy atom. The number of rotatable bonds is 6. The Bertz CT molecular complexity index is 938. The zero-order valence-corrected chi connectivity index (χ0v) is 15.7. The van der Waals surface area contributed by atoms with Crippen molar-refractivity contribution in [2.24, 2.45) is 0 Å². The van der Waals surface area contributed by atoms with E-state index >= 15 is 0 Å². The van der Waals surface area contributed by atoms with Crippen molar-refractivity contribution >= 4 is 17.3 Å². The van der Waals surface area contributed by atoms with Crippen LogP contribution in [0.5, 0.6) is 0 Å². The molecule has 0 aliphatic carbocycles. The van der Waals surface area contributed by atoms with Crippen LogP contribution in [0, 0.1) is 0 Å². The number of nitrogens with zero attached hydrogens (tertiary/aromatic N) is 2. The minimum absolute atomic E-state index is 0.0303. The summed E-state index contributed by atoms with van der Waals surface area (Å²) in [6, 6.07) is 19.3. The van der Waals surface area contributed by atoms with Crippen LogP contribution in [-0.2, 0) is 6.54 Å². The minimum Gasteiger partial charge on any atom is -0.467 e. The molecule has 28 heavy (non-hydrogen) atoms. The number of aliphatic hydroxyl groups excluding tert-OH is 1. The molecule has 4 rings (SSSR count). The van der Waals surface area contributed by atoms with Gasteiger partial charge in [0.25, 0.3) is 5.91 Å². The van der Waals surface area contributed by atoms with Crippen molar-refractivity contribution < 1.29 is 14.3 Å². The number of likely N-dealkylation sites (N-methyl/N-ethyl adjacent to an activating group) is 1. The van der Waals surface area contributed by atoms with Gasteiger partial charge in [0.15, 0.2) is 0 Å². The Balaban J connectivity index is 1.67. The lowest BCUT2D eigenvalue weighted by atomic mass is 10.0. The molecule has 1 unspecified atom stereocenters. The summed E-state index contributed by atoms with van der Waals surface area (Å²) in [5.74, 6) is 0.705. The molecule has 1 atom stereocenters.